The van der Waals surface area contributed by atoms with Crippen LogP contribution in [0.15, 0.2) is 0 Å². The van der Waals surface area contributed by atoms with Gasteiger partial charge in [-0.1, -0.05) is 0 Å². The maximum Gasteiger partial charge on any atom is 0.305 e. The van der Waals surface area contributed by atoms with Gasteiger partial charge in [0.15, 0.2) is 0 Å². The van der Waals surface area contributed by atoms with Crippen molar-refractivity contribution in [1.29, 1.82) is 0 Å². The van der Waals surface area contributed by atoms with E-state index >= 15 is 0 Å². The lowest BCUT2D eigenvalue weighted by molar-refractivity contribution is -0.140. The molecule has 0 amide bonds. The Morgan fingerprint density at radius 1 is 1.60 bits per heavy atom. The number of likely N-dealkylation sites (N-methyl/N-ethyl adjacent to an activating group) is 1. The van der Waals surface area contributed by atoms with Crippen LogP contribution < -0.4 is 5.32 Å². The molecule has 4 nitrogen and oxygen atoms in total. The van der Waals surface area contributed by atoms with E-state index in [0.717, 1.165) is 19.5 Å². The second-order valence-corrected chi connectivity index (χ2v) is 4.16. The minimum absolute atomic E-state index is 0.116. The lowest BCUT2D eigenvalue weighted by Gasteiger charge is -2.19. The van der Waals surface area contributed by atoms with Crippen molar-refractivity contribution < 1.29 is 9.53 Å². The highest BCUT2D eigenvalue weighted by molar-refractivity contribution is 5.69. The zero-order valence-electron chi connectivity index (χ0n) is 9.79. The van der Waals surface area contributed by atoms with Crippen molar-refractivity contribution in [3.63, 3.8) is 0 Å². The van der Waals surface area contributed by atoms with E-state index in [1.807, 2.05) is 0 Å². The molecule has 1 saturated heterocycles. The first-order valence-corrected chi connectivity index (χ1v) is 5.72. The number of hydrogen-bond donors (Lipinski definition) is 1. The summed E-state index contributed by atoms with van der Waals surface area (Å²) in [7, 11) is 3.61. The van der Waals surface area contributed by atoms with Crippen LogP contribution in [0.1, 0.15) is 25.7 Å². The second-order valence-electron chi connectivity index (χ2n) is 4.16. The van der Waals surface area contributed by atoms with Crippen LogP contribution in [0.5, 0.6) is 0 Å². The van der Waals surface area contributed by atoms with Gasteiger partial charge in [0.05, 0.1) is 7.11 Å². The molecule has 1 atom stereocenters. The molecule has 0 aromatic carbocycles. The van der Waals surface area contributed by atoms with Gasteiger partial charge in [-0.05, 0) is 39.4 Å². The smallest absolute Gasteiger partial charge is 0.305 e. The van der Waals surface area contributed by atoms with E-state index in [2.05, 4.69) is 22.0 Å². The fourth-order valence-electron chi connectivity index (χ4n) is 1.97. The lowest BCUT2D eigenvalue weighted by Crippen LogP contribution is -2.35. The third-order valence-corrected chi connectivity index (χ3v) is 3.01. The molecule has 0 aromatic heterocycles. The van der Waals surface area contributed by atoms with Crippen molar-refractivity contribution in [2.45, 2.75) is 31.7 Å². The Morgan fingerprint density at radius 2 is 2.40 bits per heavy atom. The molecule has 4 heteroatoms. The summed E-state index contributed by atoms with van der Waals surface area (Å²) in [5.74, 6) is -0.116. The van der Waals surface area contributed by atoms with Gasteiger partial charge in [-0.25, -0.2) is 0 Å². The van der Waals surface area contributed by atoms with Crippen molar-refractivity contribution >= 4 is 5.97 Å². The predicted octanol–water partition coefficient (Wildman–Crippen LogP) is 0.623. The van der Waals surface area contributed by atoms with Gasteiger partial charge >= 0.3 is 5.97 Å². The average molecular weight is 214 g/mol. The minimum Gasteiger partial charge on any atom is -0.469 e. The summed E-state index contributed by atoms with van der Waals surface area (Å²) in [6, 6.07) is 0.683. The third kappa shape index (κ3) is 4.62. The molecule has 1 aliphatic rings. The molecule has 1 fully saturated rings. The highest BCUT2D eigenvalue weighted by atomic mass is 16.5. The fraction of sp³-hybridized carbons (Fsp3) is 0.909. The number of rotatable bonds is 6. The van der Waals surface area contributed by atoms with Gasteiger partial charge in [-0.15, -0.1) is 0 Å². The summed E-state index contributed by atoms with van der Waals surface area (Å²) in [5.41, 5.74) is 0. The topological polar surface area (TPSA) is 41.6 Å². The summed E-state index contributed by atoms with van der Waals surface area (Å²) in [6.45, 7) is 3.16. The van der Waals surface area contributed by atoms with Gasteiger partial charge in [0, 0.05) is 19.0 Å². The quantitative estimate of drug-likeness (QED) is 0.520. The second kappa shape index (κ2) is 6.80. The molecule has 0 bridgehead atoms. The fourth-order valence-corrected chi connectivity index (χ4v) is 1.97. The molecule has 0 spiro atoms. The predicted molar refractivity (Wildman–Crippen MR) is 59.8 cm³/mol. The number of esters is 1. The molecule has 1 aliphatic heterocycles. The van der Waals surface area contributed by atoms with Gasteiger partial charge in [-0.3, -0.25) is 4.79 Å². The minimum atomic E-state index is -0.116. The summed E-state index contributed by atoms with van der Waals surface area (Å²) in [4.78, 5) is 13.2. The first-order chi connectivity index (χ1) is 7.24. The van der Waals surface area contributed by atoms with E-state index < -0.39 is 0 Å². The Labute approximate surface area is 92.0 Å². The Balaban J connectivity index is 1.95. The van der Waals surface area contributed by atoms with E-state index in [4.69, 9.17) is 0 Å². The summed E-state index contributed by atoms with van der Waals surface area (Å²) >= 11 is 0. The van der Waals surface area contributed by atoms with Gasteiger partial charge in [0.25, 0.3) is 0 Å². The number of nitrogens with zero attached hydrogens (tertiary/aromatic N) is 1. The molecule has 0 saturated carbocycles. The van der Waals surface area contributed by atoms with Gasteiger partial charge in [-0.2, -0.15) is 0 Å². The molecule has 0 aromatic rings. The number of nitrogens with one attached hydrogen (secondary N) is 1. The molecule has 0 radical (unpaired) electrons. The number of methoxy groups -OCH3 is 1. The van der Waals surface area contributed by atoms with Crippen molar-refractivity contribution in [2.24, 2.45) is 0 Å². The molecular weight excluding hydrogens is 192 g/mol. The molecule has 0 aliphatic carbocycles. The lowest BCUT2D eigenvalue weighted by atomic mass is 10.2. The Kier molecular flexibility index (Phi) is 5.65. The van der Waals surface area contributed by atoms with E-state index in [1.54, 1.807) is 0 Å². The SMILES string of the molecule is COC(=O)CCCNCC1CCCN1C. The maximum absolute atomic E-state index is 10.8. The van der Waals surface area contributed by atoms with Crippen LogP contribution in [0.4, 0.5) is 0 Å². The first-order valence-electron chi connectivity index (χ1n) is 5.72. The van der Waals surface area contributed by atoms with Crippen molar-refractivity contribution in [3.05, 3.63) is 0 Å². The molecule has 1 N–H and O–H groups in total. The largest absolute Gasteiger partial charge is 0.469 e. The van der Waals surface area contributed by atoms with Crippen LogP contribution in [0.25, 0.3) is 0 Å². The summed E-state index contributed by atoms with van der Waals surface area (Å²) in [6.07, 6.45) is 3.98. The number of carbonyl (C=O) groups is 1. The van der Waals surface area contributed by atoms with Crippen LogP contribution in [0.2, 0.25) is 0 Å². The Bertz CT molecular complexity index is 197. The van der Waals surface area contributed by atoms with Crippen molar-refractivity contribution in [1.82, 2.24) is 10.2 Å². The summed E-state index contributed by atoms with van der Waals surface area (Å²) < 4.78 is 4.57. The van der Waals surface area contributed by atoms with E-state index in [-0.39, 0.29) is 5.97 Å². The number of carbonyl (C=O) groups excluding carboxylic acids is 1. The van der Waals surface area contributed by atoms with E-state index in [0.29, 0.717) is 12.5 Å². The average Bonchev–Trinajstić information content (AvgIpc) is 2.63. The van der Waals surface area contributed by atoms with E-state index in [9.17, 15) is 4.79 Å². The van der Waals surface area contributed by atoms with Crippen LogP contribution in [-0.2, 0) is 9.53 Å². The van der Waals surface area contributed by atoms with Gasteiger partial charge < -0.3 is 15.0 Å². The first kappa shape index (κ1) is 12.5. The standard InChI is InChI=1S/C11H22N2O2/c1-13-8-4-5-10(13)9-12-7-3-6-11(14)15-2/h10,12H,3-9H2,1-2H3. The van der Waals surface area contributed by atoms with Crippen molar-refractivity contribution in [3.8, 4) is 0 Å². The zero-order valence-corrected chi connectivity index (χ0v) is 9.79. The zero-order chi connectivity index (χ0) is 11.1. The normalized spacial score (nSPS) is 21.9. The molecular formula is C11H22N2O2. The Morgan fingerprint density at radius 3 is 3.00 bits per heavy atom. The van der Waals surface area contributed by atoms with Crippen LogP contribution in [0, 0.1) is 0 Å². The van der Waals surface area contributed by atoms with E-state index in [1.165, 1.54) is 26.5 Å². The highest BCUT2D eigenvalue weighted by Crippen LogP contribution is 2.13. The molecule has 15 heavy (non-hydrogen) atoms. The van der Waals surface area contributed by atoms with Crippen LogP contribution in [-0.4, -0.2) is 50.7 Å². The summed E-state index contributed by atoms with van der Waals surface area (Å²) in [5, 5.41) is 3.39. The molecule has 1 heterocycles. The number of likely N-dealkylation sites (tertiary alicyclic amines) is 1. The number of ether oxygens (including phenoxy) is 1. The Hall–Kier alpha value is -0.610. The van der Waals surface area contributed by atoms with Crippen LogP contribution in [0.3, 0.4) is 0 Å². The maximum atomic E-state index is 10.8. The number of hydrogen-bond acceptors (Lipinski definition) is 4. The van der Waals surface area contributed by atoms with Crippen LogP contribution >= 0.6 is 0 Å². The van der Waals surface area contributed by atoms with Crippen molar-refractivity contribution in [2.75, 3.05) is 33.8 Å². The van der Waals surface area contributed by atoms with Gasteiger partial charge in [0.2, 0.25) is 0 Å². The third-order valence-electron chi connectivity index (χ3n) is 3.01. The highest BCUT2D eigenvalue weighted by Gasteiger charge is 2.19. The monoisotopic (exact) mass is 214 g/mol. The molecule has 1 unspecified atom stereocenters. The molecule has 1 rings (SSSR count). The molecule has 88 valence electrons. The van der Waals surface area contributed by atoms with Gasteiger partial charge in [0.1, 0.15) is 0 Å².